The van der Waals surface area contributed by atoms with Crippen molar-refractivity contribution in [2.75, 3.05) is 19.4 Å². The minimum Gasteiger partial charge on any atom is -0.504 e. The van der Waals surface area contributed by atoms with Crippen molar-refractivity contribution >= 4 is 22.1 Å². The zero-order chi connectivity index (χ0) is 19.9. The maximum Gasteiger partial charge on any atom is 0.255 e. The fraction of sp³-hybridized carbons (Fsp3) is 0.556. The highest BCUT2D eigenvalue weighted by atomic mass is 32.2. The first-order valence-corrected chi connectivity index (χ1v) is 10.9. The number of sulfonamides is 1. The SMILES string of the molecule is CCOc1cc(/C=N/NC(=O)CN(C2CCCCC2)S(C)(=O)=O)ccc1O. The van der Waals surface area contributed by atoms with Gasteiger partial charge in [-0.25, -0.2) is 13.8 Å². The summed E-state index contributed by atoms with van der Waals surface area (Å²) in [7, 11) is -3.48. The number of aromatic hydroxyl groups is 1. The molecule has 27 heavy (non-hydrogen) atoms. The number of ether oxygens (including phenoxy) is 1. The van der Waals surface area contributed by atoms with E-state index in [-0.39, 0.29) is 18.3 Å². The first kappa shape index (κ1) is 21.2. The molecule has 1 aliphatic carbocycles. The van der Waals surface area contributed by atoms with Crippen molar-refractivity contribution in [1.29, 1.82) is 0 Å². The fourth-order valence-electron chi connectivity index (χ4n) is 3.12. The normalized spacial score (nSPS) is 16.0. The minimum absolute atomic E-state index is 0.0225. The van der Waals surface area contributed by atoms with Gasteiger partial charge in [0, 0.05) is 6.04 Å². The zero-order valence-corrected chi connectivity index (χ0v) is 16.5. The Hall–Kier alpha value is -2.13. The highest BCUT2D eigenvalue weighted by molar-refractivity contribution is 7.88. The smallest absolute Gasteiger partial charge is 0.255 e. The van der Waals surface area contributed by atoms with Crippen LogP contribution in [0.2, 0.25) is 0 Å². The number of nitrogens with zero attached hydrogens (tertiary/aromatic N) is 2. The fourth-order valence-corrected chi connectivity index (χ4v) is 4.23. The van der Waals surface area contributed by atoms with Gasteiger partial charge in [-0.1, -0.05) is 19.3 Å². The maximum absolute atomic E-state index is 12.2. The van der Waals surface area contributed by atoms with Crippen LogP contribution in [-0.4, -0.2) is 55.4 Å². The van der Waals surface area contributed by atoms with Gasteiger partial charge in [0.2, 0.25) is 10.0 Å². The number of phenols is 1. The lowest BCUT2D eigenvalue weighted by Gasteiger charge is -2.31. The Balaban J connectivity index is 1.97. The largest absolute Gasteiger partial charge is 0.504 e. The average molecular weight is 397 g/mol. The second-order valence-electron chi connectivity index (χ2n) is 6.55. The molecule has 1 amide bonds. The Morgan fingerprint density at radius 1 is 1.37 bits per heavy atom. The summed E-state index contributed by atoms with van der Waals surface area (Å²) in [6, 6.07) is 4.56. The molecule has 150 valence electrons. The summed E-state index contributed by atoms with van der Waals surface area (Å²) in [4.78, 5) is 12.2. The molecule has 0 unspecified atom stereocenters. The predicted molar refractivity (Wildman–Crippen MR) is 103 cm³/mol. The molecule has 0 radical (unpaired) electrons. The molecule has 0 heterocycles. The number of benzene rings is 1. The van der Waals surface area contributed by atoms with E-state index in [9.17, 15) is 18.3 Å². The molecule has 8 nitrogen and oxygen atoms in total. The summed E-state index contributed by atoms with van der Waals surface area (Å²) in [5.74, 6) is -0.145. The third kappa shape index (κ3) is 6.51. The summed E-state index contributed by atoms with van der Waals surface area (Å²) >= 11 is 0. The number of phenolic OH excluding ortho intramolecular Hbond substituents is 1. The van der Waals surface area contributed by atoms with Crippen LogP contribution in [0.25, 0.3) is 0 Å². The lowest BCUT2D eigenvalue weighted by Crippen LogP contribution is -2.45. The van der Waals surface area contributed by atoms with E-state index >= 15 is 0 Å². The van der Waals surface area contributed by atoms with Crippen LogP contribution < -0.4 is 10.2 Å². The lowest BCUT2D eigenvalue weighted by molar-refractivity contribution is -0.121. The summed E-state index contributed by atoms with van der Waals surface area (Å²) in [6.45, 7) is 1.97. The minimum atomic E-state index is -3.48. The van der Waals surface area contributed by atoms with Crippen molar-refractivity contribution in [1.82, 2.24) is 9.73 Å². The van der Waals surface area contributed by atoms with Gasteiger partial charge >= 0.3 is 0 Å². The second-order valence-corrected chi connectivity index (χ2v) is 8.49. The Morgan fingerprint density at radius 3 is 2.70 bits per heavy atom. The molecule has 0 bridgehead atoms. The average Bonchev–Trinajstić information content (AvgIpc) is 2.62. The Kier molecular flexibility index (Phi) is 7.61. The summed E-state index contributed by atoms with van der Waals surface area (Å²) in [5.41, 5.74) is 2.99. The van der Waals surface area contributed by atoms with Gasteiger partial charge in [-0.15, -0.1) is 0 Å². The van der Waals surface area contributed by atoms with E-state index in [2.05, 4.69) is 10.5 Å². The molecule has 1 saturated carbocycles. The van der Waals surface area contributed by atoms with E-state index in [4.69, 9.17) is 4.74 Å². The van der Waals surface area contributed by atoms with Gasteiger partial charge < -0.3 is 9.84 Å². The van der Waals surface area contributed by atoms with Gasteiger partial charge in [0.05, 0.1) is 25.6 Å². The lowest BCUT2D eigenvalue weighted by atomic mass is 9.95. The monoisotopic (exact) mass is 397 g/mol. The van der Waals surface area contributed by atoms with Crippen molar-refractivity contribution in [3.63, 3.8) is 0 Å². The van der Waals surface area contributed by atoms with Crippen molar-refractivity contribution in [2.45, 2.75) is 45.1 Å². The van der Waals surface area contributed by atoms with E-state index in [0.29, 0.717) is 17.9 Å². The molecule has 0 spiro atoms. The van der Waals surface area contributed by atoms with Gasteiger partial charge in [-0.05, 0) is 43.5 Å². The molecule has 2 rings (SSSR count). The van der Waals surface area contributed by atoms with Crippen LogP contribution in [0.15, 0.2) is 23.3 Å². The molecule has 0 aliphatic heterocycles. The number of hydrogen-bond donors (Lipinski definition) is 2. The molecule has 0 aromatic heterocycles. The Bertz CT molecular complexity index is 773. The van der Waals surface area contributed by atoms with Gasteiger partial charge in [0.15, 0.2) is 11.5 Å². The van der Waals surface area contributed by atoms with Crippen molar-refractivity contribution in [2.24, 2.45) is 5.10 Å². The van der Waals surface area contributed by atoms with Crippen molar-refractivity contribution < 1.29 is 23.1 Å². The zero-order valence-electron chi connectivity index (χ0n) is 15.7. The van der Waals surface area contributed by atoms with Crippen LogP contribution in [0.4, 0.5) is 0 Å². The Morgan fingerprint density at radius 2 is 2.07 bits per heavy atom. The highest BCUT2D eigenvalue weighted by Gasteiger charge is 2.29. The van der Waals surface area contributed by atoms with Gasteiger partial charge in [-0.3, -0.25) is 4.79 Å². The summed E-state index contributed by atoms with van der Waals surface area (Å²) < 4.78 is 30.7. The quantitative estimate of drug-likeness (QED) is 0.514. The number of carbonyl (C=O) groups excluding carboxylic acids is 1. The van der Waals surface area contributed by atoms with Crippen LogP contribution in [-0.2, 0) is 14.8 Å². The van der Waals surface area contributed by atoms with E-state index in [1.807, 2.05) is 0 Å². The van der Waals surface area contributed by atoms with Crippen LogP contribution in [0, 0.1) is 0 Å². The topological polar surface area (TPSA) is 108 Å². The number of hydrazone groups is 1. The number of amides is 1. The van der Waals surface area contributed by atoms with E-state index in [1.54, 1.807) is 19.1 Å². The maximum atomic E-state index is 12.2. The van der Waals surface area contributed by atoms with Crippen LogP contribution in [0.3, 0.4) is 0 Å². The van der Waals surface area contributed by atoms with Gasteiger partial charge in [0.1, 0.15) is 0 Å². The van der Waals surface area contributed by atoms with E-state index in [0.717, 1.165) is 38.4 Å². The highest BCUT2D eigenvalue weighted by Crippen LogP contribution is 2.26. The van der Waals surface area contributed by atoms with Gasteiger partial charge in [-0.2, -0.15) is 9.41 Å². The molecule has 1 aromatic carbocycles. The number of hydrogen-bond acceptors (Lipinski definition) is 6. The predicted octanol–water partition coefficient (Wildman–Crippen LogP) is 1.84. The number of nitrogens with one attached hydrogen (secondary N) is 1. The molecule has 1 fully saturated rings. The molecule has 1 aromatic rings. The van der Waals surface area contributed by atoms with Crippen LogP contribution in [0.1, 0.15) is 44.6 Å². The second kappa shape index (κ2) is 9.70. The summed E-state index contributed by atoms with van der Waals surface area (Å²) in [5, 5.41) is 13.5. The first-order valence-electron chi connectivity index (χ1n) is 9.05. The summed E-state index contributed by atoms with van der Waals surface area (Å²) in [6.07, 6.45) is 7.13. The first-order chi connectivity index (χ1) is 12.8. The molecule has 2 N–H and O–H groups in total. The van der Waals surface area contributed by atoms with Crippen LogP contribution in [0.5, 0.6) is 11.5 Å². The molecule has 1 aliphatic rings. The third-order valence-corrected chi connectivity index (χ3v) is 5.67. The standard InChI is InChI=1S/C18H27N3O5S/c1-3-26-17-11-14(9-10-16(17)22)12-19-20-18(23)13-21(27(2,24)25)15-7-5-4-6-8-15/h9-12,15,22H,3-8,13H2,1-2H3,(H,20,23)/b19-12+. The molecular weight excluding hydrogens is 370 g/mol. The number of carbonyl (C=O) groups is 1. The molecule has 0 saturated heterocycles. The number of rotatable bonds is 8. The van der Waals surface area contributed by atoms with Crippen molar-refractivity contribution in [3.8, 4) is 11.5 Å². The molecule has 0 atom stereocenters. The van der Waals surface area contributed by atoms with E-state index < -0.39 is 15.9 Å². The third-order valence-electron chi connectivity index (χ3n) is 4.39. The Labute approximate surface area is 160 Å². The van der Waals surface area contributed by atoms with Crippen molar-refractivity contribution in [3.05, 3.63) is 23.8 Å². The molecular formula is C18H27N3O5S. The van der Waals surface area contributed by atoms with E-state index in [1.165, 1.54) is 16.6 Å². The van der Waals surface area contributed by atoms with Crippen LogP contribution >= 0.6 is 0 Å². The molecule has 9 heteroatoms. The van der Waals surface area contributed by atoms with Gasteiger partial charge in [0.25, 0.3) is 5.91 Å².